The van der Waals surface area contributed by atoms with Crippen LogP contribution in [0.25, 0.3) is 0 Å². The van der Waals surface area contributed by atoms with E-state index >= 15 is 0 Å². The monoisotopic (exact) mass is 220 g/mol. The quantitative estimate of drug-likeness (QED) is 0.813. The first-order chi connectivity index (χ1) is 7.63. The van der Waals surface area contributed by atoms with E-state index in [1.165, 1.54) is 0 Å². The third-order valence-corrected chi connectivity index (χ3v) is 2.59. The Labute approximate surface area is 94.9 Å². The summed E-state index contributed by atoms with van der Waals surface area (Å²) in [6.45, 7) is 6.28. The van der Waals surface area contributed by atoms with Gasteiger partial charge in [-0.1, -0.05) is 6.92 Å². The van der Waals surface area contributed by atoms with Crippen molar-refractivity contribution in [1.29, 1.82) is 0 Å². The van der Waals surface area contributed by atoms with Crippen molar-refractivity contribution in [2.75, 3.05) is 16.8 Å². The lowest BCUT2D eigenvalue weighted by Crippen LogP contribution is -2.45. The minimum atomic E-state index is 0.0463. The number of carbonyl (C=O) groups is 1. The maximum atomic E-state index is 11.8. The average Bonchev–Trinajstić information content (AvgIpc) is 2.27. The van der Waals surface area contributed by atoms with Gasteiger partial charge in [-0.05, 0) is 20.3 Å². The summed E-state index contributed by atoms with van der Waals surface area (Å²) in [4.78, 5) is 22.3. The number of rotatable bonds is 2. The Morgan fingerprint density at radius 3 is 2.94 bits per heavy atom. The highest BCUT2D eigenvalue weighted by Gasteiger charge is 2.28. The molecule has 1 aromatic rings. The van der Waals surface area contributed by atoms with Crippen LogP contribution in [0.2, 0.25) is 0 Å². The standard InChI is InChI=1S/C11H16N4O/c1-4-8-5-12-10-11(14-8)15(7(2)3)9(16)6-13-10/h5,7H,4,6H2,1-3H3,(H,12,13). The Hall–Kier alpha value is -1.65. The zero-order valence-electron chi connectivity index (χ0n) is 9.82. The van der Waals surface area contributed by atoms with Gasteiger partial charge < -0.3 is 5.32 Å². The third kappa shape index (κ3) is 1.73. The van der Waals surface area contributed by atoms with Crippen molar-refractivity contribution in [2.24, 2.45) is 0 Å². The molecule has 16 heavy (non-hydrogen) atoms. The van der Waals surface area contributed by atoms with E-state index < -0.39 is 0 Å². The van der Waals surface area contributed by atoms with E-state index in [2.05, 4.69) is 15.3 Å². The summed E-state index contributed by atoms with van der Waals surface area (Å²) in [5.74, 6) is 1.40. The van der Waals surface area contributed by atoms with Crippen molar-refractivity contribution in [3.63, 3.8) is 0 Å². The van der Waals surface area contributed by atoms with Crippen molar-refractivity contribution in [3.05, 3.63) is 11.9 Å². The van der Waals surface area contributed by atoms with Crippen LogP contribution in [0.5, 0.6) is 0 Å². The maximum Gasteiger partial charge on any atom is 0.247 e. The maximum absolute atomic E-state index is 11.8. The van der Waals surface area contributed by atoms with Gasteiger partial charge in [0.05, 0.1) is 18.4 Å². The van der Waals surface area contributed by atoms with Gasteiger partial charge in [0.1, 0.15) is 0 Å². The fourth-order valence-corrected chi connectivity index (χ4v) is 1.77. The highest BCUT2D eigenvalue weighted by atomic mass is 16.2. The Bertz CT molecular complexity index is 416. The van der Waals surface area contributed by atoms with Crippen LogP contribution in [0, 0.1) is 0 Å². The van der Waals surface area contributed by atoms with E-state index in [1.807, 2.05) is 20.8 Å². The van der Waals surface area contributed by atoms with Crippen LogP contribution in [0.1, 0.15) is 26.5 Å². The van der Waals surface area contributed by atoms with Gasteiger partial charge in [0.2, 0.25) is 5.91 Å². The summed E-state index contributed by atoms with van der Waals surface area (Å²) in [5.41, 5.74) is 0.904. The number of aryl methyl sites for hydroxylation is 1. The van der Waals surface area contributed by atoms with Crippen molar-refractivity contribution in [3.8, 4) is 0 Å². The highest BCUT2D eigenvalue weighted by Crippen LogP contribution is 2.26. The predicted octanol–water partition coefficient (Wildman–Crippen LogP) is 1.21. The molecule has 0 saturated carbocycles. The second kappa shape index (κ2) is 4.08. The molecular weight excluding hydrogens is 204 g/mol. The minimum Gasteiger partial charge on any atom is -0.358 e. The van der Waals surface area contributed by atoms with Crippen molar-refractivity contribution in [2.45, 2.75) is 33.2 Å². The van der Waals surface area contributed by atoms with Crippen molar-refractivity contribution >= 4 is 17.5 Å². The number of nitrogens with zero attached hydrogens (tertiary/aromatic N) is 3. The van der Waals surface area contributed by atoms with Crippen LogP contribution >= 0.6 is 0 Å². The highest BCUT2D eigenvalue weighted by molar-refractivity contribution is 6.01. The van der Waals surface area contributed by atoms with Crippen LogP contribution in [-0.4, -0.2) is 28.5 Å². The molecule has 0 bridgehead atoms. The van der Waals surface area contributed by atoms with Crippen molar-refractivity contribution < 1.29 is 4.79 Å². The fourth-order valence-electron chi connectivity index (χ4n) is 1.77. The molecule has 1 aliphatic rings. The van der Waals surface area contributed by atoms with E-state index in [9.17, 15) is 4.79 Å². The predicted molar refractivity (Wildman–Crippen MR) is 62.5 cm³/mol. The summed E-state index contributed by atoms with van der Waals surface area (Å²) < 4.78 is 0. The van der Waals surface area contributed by atoms with Gasteiger partial charge in [-0.2, -0.15) is 0 Å². The number of amides is 1. The fraction of sp³-hybridized carbons (Fsp3) is 0.545. The third-order valence-electron chi connectivity index (χ3n) is 2.59. The van der Waals surface area contributed by atoms with Gasteiger partial charge >= 0.3 is 0 Å². The summed E-state index contributed by atoms with van der Waals surface area (Å²) in [7, 11) is 0. The number of nitrogens with one attached hydrogen (secondary N) is 1. The lowest BCUT2D eigenvalue weighted by molar-refractivity contribution is -0.117. The summed E-state index contributed by atoms with van der Waals surface area (Å²) in [5, 5.41) is 2.98. The Kier molecular flexibility index (Phi) is 2.77. The lowest BCUT2D eigenvalue weighted by Gasteiger charge is -2.31. The molecule has 1 aliphatic heterocycles. The van der Waals surface area contributed by atoms with E-state index in [1.54, 1.807) is 11.1 Å². The molecule has 5 heteroatoms. The molecule has 0 spiro atoms. The molecule has 0 unspecified atom stereocenters. The smallest absolute Gasteiger partial charge is 0.247 e. The molecule has 86 valence electrons. The Morgan fingerprint density at radius 2 is 2.31 bits per heavy atom. The van der Waals surface area contributed by atoms with Gasteiger partial charge in [0, 0.05) is 6.04 Å². The summed E-state index contributed by atoms with van der Waals surface area (Å²) in [6.07, 6.45) is 2.57. The van der Waals surface area contributed by atoms with Crippen LogP contribution in [0.3, 0.4) is 0 Å². The molecule has 1 amide bonds. The lowest BCUT2D eigenvalue weighted by atomic mass is 10.2. The van der Waals surface area contributed by atoms with Crippen molar-refractivity contribution in [1.82, 2.24) is 9.97 Å². The Balaban J connectivity index is 2.48. The van der Waals surface area contributed by atoms with E-state index in [0.29, 0.717) is 18.2 Å². The molecule has 2 heterocycles. The number of hydrogen-bond acceptors (Lipinski definition) is 4. The molecule has 0 atom stereocenters. The second-order valence-corrected chi connectivity index (χ2v) is 4.10. The zero-order chi connectivity index (χ0) is 11.7. The number of fused-ring (bicyclic) bond motifs is 1. The molecule has 0 fully saturated rings. The van der Waals surface area contributed by atoms with Gasteiger partial charge in [0.15, 0.2) is 11.6 Å². The minimum absolute atomic E-state index is 0.0463. The number of hydrogen-bond donors (Lipinski definition) is 1. The SMILES string of the molecule is CCc1cnc2c(n1)N(C(C)C)C(=O)CN2. The molecular formula is C11H16N4O. The first-order valence-electron chi connectivity index (χ1n) is 5.55. The van der Waals surface area contributed by atoms with Gasteiger partial charge in [-0.3, -0.25) is 9.69 Å². The van der Waals surface area contributed by atoms with E-state index in [-0.39, 0.29) is 11.9 Å². The molecule has 2 rings (SSSR count). The van der Waals surface area contributed by atoms with Gasteiger partial charge in [0.25, 0.3) is 0 Å². The first-order valence-corrected chi connectivity index (χ1v) is 5.55. The average molecular weight is 220 g/mol. The molecule has 0 aromatic carbocycles. The van der Waals surface area contributed by atoms with Crippen LogP contribution in [0.15, 0.2) is 6.20 Å². The normalized spacial score (nSPS) is 15.0. The molecule has 1 N–H and O–H groups in total. The van der Waals surface area contributed by atoms with Gasteiger partial charge in [-0.25, -0.2) is 9.97 Å². The summed E-state index contributed by atoms with van der Waals surface area (Å²) >= 11 is 0. The molecule has 0 saturated heterocycles. The molecule has 0 radical (unpaired) electrons. The largest absolute Gasteiger partial charge is 0.358 e. The van der Waals surface area contributed by atoms with E-state index in [0.717, 1.165) is 12.1 Å². The number of anilines is 2. The summed E-state index contributed by atoms with van der Waals surface area (Å²) in [6, 6.07) is 0.106. The van der Waals surface area contributed by atoms with Gasteiger partial charge in [-0.15, -0.1) is 0 Å². The van der Waals surface area contributed by atoms with Crippen LogP contribution < -0.4 is 10.2 Å². The molecule has 0 aliphatic carbocycles. The molecule has 5 nitrogen and oxygen atoms in total. The Morgan fingerprint density at radius 1 is 1.56 bits per heavy atom. The van der Waals surface area contributed by atoms with E-state index in [4.69, 9.17) is 0 Å². The molecule has 1 aromatic heterocycles. The first kappa shape index (κ1) is 10.9. The second-order valence-electron chi connectivity index (χ2n) is 4.10. The van der Waals surface area contributed by atoms with Crippen LogP contribution in [-0.2, 0) is 11.2 Å². The number of aromatic nitrogens is 2. The zero-order valence-corrected chi connectivity index (χ0v) is 9.82. The topological polar surface area (TPSA) is 58.1 Å². The number of carbonyl (C=O) groups excluding carboxylic acids is 1. The van der Waals surface area contributed by atoms with Crippen LogP contribution in [0.4, 0.5) is 11.6 Å².